The lowest BCUT2D eigenvalue weighted by atomic mass is 10.3. The van der Waals surface area contributed by atoms with Gasteiger partial charge in [-0.2, -0.15) is 14.7 Å². The van der Waals surface area contributed by atoms with Crippen molar-refractivity contribution in [3.05, 3.63) is 76.6 Å². The van der Waals surface area contributed by atoms with E-state index in [-0.39, 0.29) is 5.56 Å². The summed E-state index contributed by atoms with van der Waals surface area (Å²) in [6, 6.07) is 13.0. The maximum Gasteiger partial charge on any atom is 0.267 e. The van der Waals surface area contributed by atoms with Gasteiger partial charge in [0.25, 0.3) is 5.56 Å². The molecule has 5 rings (SSSR count). The molecule has 0 unspecified atom stereocenters. The van der Waals surface area contributed by atoms with E-state index in [9.17, 15) is 4.79 Å². The molecule has 4 aromatic heterocycles. The van der Waals surface area contributed by atoms with Gasteiger partial charge in [0, 0.05) is 56.3 Å². The molecule has 1 fully saturated rings. The Bertz CT molecular complexity index is 1220. The smallest absolute Gasteiger partial charge is 0.267 e. The Kier molecular flexibility index (Phi) is 4.62. The summed E-state index contributed by atoms with van der Waals surface area (Å²) >= 11 is 0. The van der Waals surface area contributed by atoms with Gasteiger partial charge in [-0.25, -0.2) is 9.67 Å². The van der Waals surface area contributed by atoms with Crippen LogP contribution in [0.2, 0.25) is 0 Å². The van der Waals surface area contributed by atoms with Crippen molar-refractivity contribution in [1.82, 2.24) is 29.4 Å². The molecule has 30 heavy (non-hydrogen) atoms. The number of hydrogen-bond donors (Lipinski definition) is 0. The fourth-order valence-corrected chi connectivity index (χ4v) is 3.77. The molecule has 5 heterocycles. The van der Waals surface area contributed by atoms with Gasteiger partial charge >= 0.3 is 0 Å². The Hall–Kier alpha value is -3.75. The number of aryl methyl sites for hydroxylation is 1. The molecule has 1 saturated heterocycles. The Morgan fingerprint density at radius 2 is 1.80 bits per heavy atom. The molecular formula is C21H22N8O. The molecule has 152 valence electrons. The van der Waals surface area contributed by atoms with Gasteiger partial charge in [0.1, 0.15) is 11.6 Å². The average Bonchev–Trinajstić information content (AvgIpc) is 3.24. The predicted octanol–water partition coefficient (Wildman–Crippen LogP) is 1.36. The number of nitrogens with zero attached hydrogens (tertiary/aromatic N) is 8. The van der Waals surface area contributed by atoms with Crippen LogP contribution in [-0.2, 0) is 6.54 Å². The zero-order chi connectivity index (χ0) is 20.5. The van der Waals surface area contributed by atoms with Crippen LogP contribution < -0.4 is 15.4 Å². The van der Waals surface area contributed by atoms with Crippen LogP contribution in [0.25, 0.3) is 5.65 Å². The van der Waals surface area contributed by atoms with Crippen molar-refractivity contribution in [3.8, 4) is 0 Å². The van der Waals surface area contributed by atoms with Gasteiger partial charge in [0.15, 0.2) is 5.65 Å². The molecule has 0 spiro atoms. The van der Waals surface area contributed by atoms with Gasteiger partial charge < -0.3 is 9.80 Å². The van der Waals surface area contributed by atoms with E-state index >= 15 is 0 Å². The second-order valence-corrected chi connectivity index (χ2v) is 7.34. The Morgan fingerprint density at radius 3 is 2.60 bits per heavy atom. The molecule has 9 heteroatoms. The SMILES string of the molecule is Cc1cc(N2CCN(c3ccc(=O)n(Cc4ccccn4)n3)CC2)n2nccc2n1. The fraction of sp³-hybridized carbons (Fsp3) is 0.286. The number of pyridine rings is 1. The number of hydrogen-bond acceptors (Lipinski definition) is 7. The molecule has 0 N–H and O–H groups in total. The standard InChI is InChI=1S/C21H22N8O/c1-16-14-20(29-18(24-16)7-9-23-29)27-12-10-26(11-13-27)19-5-6-21(30)28(25-19)15-17-4-2-3-8-22-17/h2-9,14H,10-13,15H2,1H3. The van der Waals surface area contributed by atoms with Crippen molar-refractivity contribution < 1.29 is 0 Å². The quantitative estimate of drug-likeness (QED) is 0.510. The third-order valence-corrected chi connectivity index (χ3v) is 5.29. The fourth-order valence-electron chi connectivity index (χ4n) is 3.77. The van der Waals surface area contributed by atoms with Crippen LogP contribution in [0.15, 0.2) is 59.7 Å². The topological polar surface area (TPSA) is 84.5 Å². The number of fused-ring (bicyclic) bond motifs is 1. The minimum atomic E-state index is -0.128. The third-order valence-electron chi connectivity index (χ3n) is 5.29. The van der Waals surface area contributed by atoms with Crippen molar-refractivity contribution in [2.75, 3.05) is 36.0 Å². The number of aromatic nitrogens is 6. The van der Waals surface area contributed by atoms with E-state index in [1.54, 1.807) is 24.5 Å². The van der Waals surface area contributed by atoms with E-state index in [0.29, 0.717) is 6.54 Å². The summed E-state index contributed by atoms with van der Waals surface area (Å²) in [6.45, 7) is 5.64. The van der Waals surface area contributed by atoms with Crippen LogP contribution in [0.4, 0.5) is 11.6 Å². The second kappa shape index (κ2) is 7.58. The normalized spacial score (nSPS) is 14.4. The Balaban J connectivity index is 1.34. The van der Waals surface area contributed by atoms with Crippen molar-refractivity contribution in [2.24, 2.45) is 0 Å². The Morgan fingerprint density at radius 1 is 0.967 bits per heavy atom. The molecule has 0 atom stereocenters. The minimum absolute atomic E-state index is 0.128. The number of anilines is 2. The van der Waals surface area contributed by atoms with Gasteiger partial charge in [0.2, 0.25) is 0 Å². The van der Waals surface area contributed by atoms with E-state index in [0.717, 1.165) is 54.8 Å². The highest BCUT2D eigenvalue weighted by Gasteiger charge is 2.21. The van der Waals surface area contributed by atoms with Crippen LogP contribution in [0.5, 0.6) is 0 Å². The zero-order valence-corrected chi connectivity index (χ0v) is 16.7. The largest absolute Gasteiger partial charge is 0.353 e. The molecule has 0 radical (unpaired) electrons. The minimum Gasteiger partial charge on any atom is -0.353 e. The molecule has 0 saturated carbocycles. The molecule has 4 aromatic rings. The van der Waals surface area contributed by atoms with Crippen molar-refractivity contribution in [3.63, 3.8) is 0 Å². The highest BCUT2D eigenvalue weighted by atomic mass is 16.1. The van der Waals surface area contributed by atoms with E-state index < -0.39 is 0 Å². The predicted molar refractivity (Wildman–Crippen MR) is 114 cm³/mol. The summed E-state index contributed by atoms with van der Waals surface area (Å²) in [4.78, 5) is 25.6. The molecule has 0 bridgehead atoms. The molecule has 0 aliphatic carbocycles. The van der Waals surface area contributed by atoms with Crippen LogP contribution in [0.3, 0.4) is 0 Å². The van der Waals surface area contributed by atoms with Crippen LogP contribution >= 0.6 is 0 Å². The van der Waals surface area contributed by atoms with Gasteiger partial charge in [0.05, 0.1) is 18.4 Å². The maximum absolute atomic E-state index is 12.3. The van der Waals surface area contributed by atoms with Crippen LogP contribution in [-0.4, -0.2) is 55.5 Å². The molecule has 1 aliphatic heterocycles. The monoisotopic (exact) mass is 402 g/mol. The zero-order valence-electron chi connectivity index (χ0n) is 16.7. The van der Waals surface area contributed by atoms with Gasteiger partial charge in [-0.3, -0.25) is 9.78 Å². The lowest BCUT2D eigenvalue weighted by Gasteiger charge is -2.36. The Labute approximate surface area is 173 Å². The number of piperazine rings is 1. The highest BCUT2D eigenvalue weighted by molar-refractivity contribution is 5.52. The first-order chi connectivity index (χ1) is 14.7. The number of rotatable bonds is 4. The summed E-state index contributed by atoms with van der Waals surface area (Å²) in [6.07, 6.45) is 3.50. The van der Waals surface area contributed by atoms with Gasteiger partial charge in [-0.05, 0) is 25.1 Å². The van der Waals surface area contributed by atoms with Crippen molar-refractivity contribution in [1.29, 1.82) is 0 Å². The molecule has 1 aliphatic rings. The third kappa shape index (κ3) is 3.49. The lowest BCUT2D eigenvalue weighted by molar-refractivity contribution is 0.592. The lowest BCUT2D eigenvalue weighted by Crippen LogP contribution is -2.48. The average molecular weight is 402 g/mol. The summed E-state index contributed by atoms with van der Waals surface area (Å²) < 4.78 is 3.36. The van der Waals surface area contributed by atoms with Crippen molar-refractivity contribution >= 4 is 17.3 Å². The molecule has 0 aromatic carbocycles. The van der Waals surface area contributed by atoms with Crippen LogP contribution in [0, 0.1) is 6.92 Å². The van der Waals surface area contributed by atoms with Crippen LogP contribution in [0.1, 0.15) is 11.4 Å². The highest BCUT2D eigenvalue weighted by Crippen LogP contribution is 2.20. The summed E-state index contributed by atoms with van der Waals surface area (Å²) in [5, 5.41) is 9.00. The van der Waals surface area contributed by atoms with Gasteiger partial charge in [-0.1, -0.05) is 6.07 Å². The summed E-state index contributed by atoms with van der Waals surface area (Å²) in [7, 11) is 0. The second-order valence-electron chi connectivity index (χ2n) is 7.34. The first-order valence-electron chi connectivity index (χ1n) is 9.97. The van der Waals surface area contributed by atoms with E-state index in [2.05, 4.69) is 36.0 Å². The van der Waals surface area contributed by atoms with E-state index in [1.165, 1.54) is 4.68 Å². The van der Waals surface area contributed by atoms with E-state index in [4.69, 9.17) is 0 Å². The summed E-state index contributed by atoms with van der Waals surface area (Å²) in [5.41, 5.74) is 2.51. The van der Waals surface area contributed by atoms with Gasteiger partial charge in [-0.15, -0.1) is 0 Å². The summed E-state index contributed by atoms with van der Waals surface area (Å²) in [5.74, 6) is 1.86. The van der Waals surface area contributed by atoms with Crippen molar-refractivity contribution in [2.45, 2.75) is 13.5 Å². The molecular weight excluding hydrogens is 380 g/mol. The first-order valence-corrected chi connectivity index (χ1v) is 9.97. The molecule has 9 nitrogen and oxygen atoms in total. The first kappa shape index (κ1) is 18.3. The van der Waals surface area contributed by atoms with E-state index in [1.807, 2.05) is 35.7 Å². The maximum atomic E-state index is 12.3. The molecule has 0 amide bonds.